The number of allylic oxidation sites excluding steroid dienone is 3. The molecule has 0 fully saturated rings. The van der Waals surface area contributed by atoms with Crippen LogP contribution in [0.3, 0.4) is 0 Å². The van der Waals surface area contributed by atoms with Gasteiger partial charge in [-0.05, 0) is 46.1 Å². The summed E-state index contributed by atoms with van der Waals surface area (Å²) in [6.45, 7) is 8.97. The Kier molecular flexibility index (Phi) is 13.2. The minimum atomic E-state index is -0.0566. The van der Waals surface area contributed by atoms with Gasteiger partial charge in [0.2, 0.25) is 0 Å². The predicted molar refractivity (Wildman–Crippen MR) is 91.4 cm³/mol. The first-order chi connectivity index (χ1) is 10.1. The van der Waals surface area contributed by atoms with E-state index in [9.17, 15) is 4.79 Å². The van der Waals surface area contributed by atoms with Crippen LogP contribution in [-0.2, 0) is 9.53 Å². The van der Waals surface area contributed by atoms with Crippen molar-refractivity contribution in [3.05, 3.63) is 23.3 Å². The number of ether oxygens (including phenoxy) is 1. The van der Waals surface area contributed by atoms with Gasteiger partial charge in [-0.15, -0.1) is 0 Å². The summed E-state index contributed by atoms with van der Waals surface area (Å²) in [4.78, 5) is 11.6. The molecule has 0 aromatic carbocycles. The van der Waals surface area contributed by atoms with Crippen molar-refractivity contribution in [2.45, 2.75) is 85.5 Å². The number of rotatable bonds is 12. The topological polar surface area (TPSA) is 26.3 Å². The van der Waals surface area contributed by atoms with Gasteiger partial charge < -0.3 is 4.74 Å². The molecule has 122 valence electrons. The summed E-state index contributed by atoms with van der Waals surface area (Å²) in [7, 11) is 0. The summed E-state index contributed by atoms with van der Waals surface area (Å²) in [6, 6.07) is 0. The second-order valence-electron chi connectivity index (χ2n) is 6.07. The lowest BCUT2D eigenvalue weighted by Crippen LogP contribution is -2.04. The van der Waals surface area contributed by atoms with Crippen molar-refractivity contribution in [1.29, 1.82) is 0 Å². The first-order valence-electron chi connectivity index (χ1n) is 8.50. The van der Waals surface area contributed by atoms with Crippen molar-refractivity contribution in [3.63, 3.8) is 0 Å². The van der Waals surface area contributed by atoms with Crippen LogP contribution < -0.4 is 0 Å². The molecule has 0 radical (unpaired) electrons. The summed E-state index contributed by atoms with van der Waals surface area (Å²) < 4.78 is 5.24. The smallest absolute Gasteiger partial charge is 0.306 e. The number of hydrogen-bond acceptors (Lipinski definition) is 2. The molecule has 0 aliphatic rings. The summed E-state index contributed by atoms with van der Waals surface area (Å²) in [6.07, 6.45) is 14.2. The van der Waals surface area contributed by atoms with Gasteiger partial charge in [0.1, 0.15) is 6.61 Å². The Hall–Kier alpha value is -1.05. The van der Waals surface area contributed by atoms with E-state index in [1.807, 2.05) is 6.08 Å². The monoisotopic (exact) mass is 294 g/mol. The van der Waals surface area contributed by atoms with Crippen molar-refractivity contribution >= 4 is 5.97 Å². The highest BCUT2D eigenvalue weighted by atomic mass is 16.5. The SMILES string of the molecule is CCCCCCCCC(=O)OC/C=C(\C)CCC=C(C)C. The molecule has 2 heteroatoms. The molecule has 0 spiro atoms. The third-order valence-corrected chi connectivity index (χ3v) is 3.50. The third kappa shape index (κ3) is 15.2. The molecule has 0 unspecified atom stereocenters. The maximum absolute atomic E-state index is 11.6. The second-order valence-corrected chi connectivity index (χ2v) is 6.07. The largest absolute Gasteiger partial charge is 0.461 e. The molecule has 0 aliphatic carbocycles. The minimum Gasteiger partial charge on any atom is -0.461 e. The number of esters is 1. The van der Waals surface area contributed by atoms with Gasteiger partial charge in [0, 0.05) is 6.42 Å². The van der Waals surface area contributed by atoms with Gasteiger partial charge in [-0.1, -0.05) is 56.3 Å². The molecule has 0 amide bonds. The van der Waals surface area contributed by atoms with Crippen LogP contribution in [0.4, 0.5) is 0 Å². The van der Waals surface area contributed by atoms with Crippen LogP contribution in [-0.4, -0.2) is 12.6 Å². The van der Waals surface area contributed by atoms with Crippen molar-refractivity contribution in [2.75, 3.05) is 6.61 Å². The van der Waals surface area contributed by atoms with E-state index in [1.165, 1.54) is 36.8 Å². The van der Waals surface area contributed by atoms with Gasteiger partial charge in [-0.2, -0.15) is 0 Å². The molecule has 0 saturated carbocycles. The molecule has 0 saturated heterocycles. The van der Waals surface area contributed by atoms with Crippen LogP contribution in [0, 0.1) is 0 Å². The standard InChI is InChI=1S/C19H34O2/c1-5-6-7-8-9-10-14-19(20)21-16-15-18(4)13-11-12-17(2)3/h12,15H,5-11,13-14,16H2,1-4H3/b18-15+. The maximum atomic E-state index is 11.6. The Labute approximate surface area is 131 Å². The summed E-state index contributed by atoms with van der Waals surface area (Å²) in [5.74, 6) is -0.0566. The summed E-state index contributed by atoms with van der Waals surface area (Å²) in [5, 5.41) is 0. The Morgan fingerprint density at radius 3 is 2.24 bits per heavy atom. The fourth-order valence-electron chi connectivity index (χ4n) is 2.09. The fourth-order valence-corrected chi connectivity index (χ4v) is 2.09. The van der Waals surface area contributed by atoms with Crippen molar-refractivity contribution in [3.8, 4) is 0 Å². The van der Waals surface area contributed by atoms with E-state index in [0.717, 1.165) is 25.7 Å². The highest BCUT2D eigenvalue weighted by molar-refractivity contribution is 5.69. The highest BCUT2D eigenvalue weighted by Crippen LogP contribution is 2.08. The van der Waals surface area contributed by atoms with Gasteiger partial charge in [0.05, 0.1) is 0 Å². The average molecular weight is 294 g/mol. The first kappa shape index (κ1) is 19.9. The zero-order chi connectivity index (χ0) is 15.9. The number of hydrogen-bond donors (Lipinski definition) is 0. The number of unbranched alkanes of at least 4 members (excludes halogenated alkanes) is 5. The van der Waals surface area contributed by atoms with Crippen LogP contribution in [0.5, 0.6) is 0 Å². The molecule has 21 heavy (non-hydrogen) atoms. The van der Waals surface area contributed by atoms with Crippen LogP contribution in [0.2, 0.25) is 0 Å². The predicted octanol–water partition coefficient (Wildman–Crippen LogP) is 5.97. The molecule has 0 aromatic heterocycles. The Morgan fingerprint density at radius 1 is 0.905 bits per heavy atom. The Morgan fingerprint density at radius 2 is 1.57 bits per heavy atom. The van der Waals surface area contributed by atoms with Crippen molar-refractivity contribution < 1.29 is 9.53 Å². The normalized spacial score (nSPS) is 11.3. The van der Waals surface area contributed by atoms with E-state index in [0.29, 0.717) is 13.0 Å². The second kappa shape index (κ2) is 13.9. The van der Waals surface area contributed by atoms with E-state index in [-0.39, 0.29) is 5.97 Å². The average Bonchev–Trinajstić information content (AvgIpc) is 2.42. The Bertz CT molecular complexity index is 322. The van der Waals surface area contributed by atoms with Gasteiger partial charge in [-0.25, -0.2) is 0 Å². The highest BCUT2D eigenvalue weighted by Gasteiger charge is 2.01. The maximum Gasteiger partial charge on any atom is 0.306 e. The van der Waals surface area contributed by atoms with Crippen LogP contribution in [0.1, 0.15) is 85.5 Å². The quantitative estimate of drug-likeness (QED) is 0.252. The molecular formula is C19H34O2. The molecular weight excluding hydrogens is 260 g/mol. The zero-order valence-electron chi connectivity index (χ0n) is 14.5. The van der Waals surface area contributed by atoms with E-state index >= 15 is 0 Å². The fraction of sp³-hybridized carbons (Fsp3) is 0.737. The van der Waals surface area contributed by atoms with Gasteiger partial charge in [0.15, 0.2) is 0 Å². The van der Waals surface area contributed by atoms with Gasteiger partial charge >= 0.3 is 5.97 Å². The van der Waals surface area contributed by atoms with E-state index < -0.39 is 0 Å². The van der Waals surface area contributed by atoms with E-state index in [1.54, 1.807) is 0 Å². The van der Waals surface area contributed by atoms with Gasteiger partial charge in [-0.3, -0.25) is 4.79 Å². The summed E-state index contributed by atoms with van der Waals surface area (Å²) >= 11 is 0. The lowest BCUT2D eigenvalue weighted by Gasteiger charge is -2.04. The van der Waals surface area contributed by atoms with Crippen LogP contribution in [0.25, 0.3) is 0 Å². The molecule has 0 heterocycles. The molecule has 0 aliphatic heterocycles. The Balaban J connectivity index is 3.57. The lowest BCUT2D eigenvalue weighted by molar-refractivity contribution is -0.142. The molecule has 0 atom stereocenters. The molecule has 0 N–H and O–H groups in total. The number of carbonyl (C=O) groups excluding carboxylic acids is 1. The zero-order valence-corrected chi connectivity index (χ0v) is 14.5. The molecule has 0 aromatic rings. The van der Waals surface area contributed by atoms with Crippen molar-refractivity contribution in [2.24, 2.45) is 0 Å². The van der Waals surface area contributed by atoms with E-state index in [2.05, 4.69) is 33.8 Å². The number of carbonyl (C=O) groups is 1. The first-order valence-corrected chi connectivity index (χ1v) is 8.50. The summed E-state index contributed by atoms with van der Waals surface area (Å²) in [5.41, 5.74) is 2.65. The van der Waals surface area contributed by atoms with Crippen molar-refractivity contribution in [1.82, 2.24) is 0 Å². The van der Waals surface area contributed by atoms with Gasteiger partial charge in [0.25, 0.3) is 0 Å². The van der Waals surface area contributed by atoms with E-state index in [4.69, 9.17) is 4.74 Å². The lowest BCUT2D eigenvalue weighted by atomic mass is 10.1. The van der Waals surface area contributed by atoms with Crippen LogP contribution in [0.15, 0.2) is 23.3 Å². The van der Waals surface area contributed by atoms with Crippen LogP contribution >= 0.6 is 0 Å². The molecule has 0 bridgehead atoms. The molecule has 2 nitrogen and oxygen atoms in total. The molecule has 0 rings (SSSR count). The minimum absolute atomic E-state index is 0.0566. The third-order valence-electron chi connectivity index (χ3n) is 3.50.